The quantitative estimate of drug-likeness (QED) is 0.178. The molecule has 0 fully saturated rings. The summed E-state index contributed by atoms with van der Waals surface area (Å²) in [7, 11) is 0. The number of hydrogen-bond acceptors (Lipinski definition) is 1. The van der Waals surface area contributed by atoms with E-state index in [1.54, 1.807) is 0 Å². The van der Waals surface area contributed by atoms with E-state index in [1.165, 1.54) is 58.0 Å². The van der Waals surface area contributed by atoms with Crippen LogP contribution >= 0.6 is 0 Å². The normalized spacial score (nSPS) is 11.3. The fourth-order valence-electron chi connectivity index (χ4n) is 5.99. The summed E-state index contributed by atoms with van der Waals surface area (Å²) in [5.74, 6) is 0. The number of anilines is 3. The Balaban J connectivity index is 1.28. The van der Waals surface area contributed by atoms with Crippen LogP contribution in [0.2, 0.25) is 0 Å². The van der Waals surface area contributed by atoms with Gasteiger partial charge in [-0.3, -0.25) is 0 Å². The summed E-state index contributed by atoms with van der Waals surface area (Å²) in [6.07, 6.45) is 0. The Morgan fingerprint density at radius 2 is 0.952 bits per heavy atom. The van der Waals surface area contributed by atoms with Gasteiger partial charge in [0, 0.05) is 0 Å². The molecule has 1 heterocycles. The van der Waals surface area contributed by atoms with E-state index in [0.29, 0.717) is 14.5 Å². The van der Waals surface area contributed by atoms with Crippen LogP contribution < -0.4 is 4.90 Å². The minimum Gasteiger partial charge on any atom is -0.0617 e. The molecule has 0 N–H and O–H groups in total. The van der Waals surface area contributed by atoms with Crippen molar-refractivity contribution in [2.24, 2.45) is 0 Å². The molecular formula is C40H27NSe. The monoisotopic (exact) mass is 601 g/mol. The molecule has 0 spiro atoms. The van der Waals surface area contributed by atoms with Crippen LogP contribution in [0, 0.1) is 0 Å². The molecule has 1 nitrogen and oxygen atoms in total. The molecule has 2 heteroatoms. The van der Waals surface area contributed by atoms with Crippen molar-refractivity contribution in [1.82, 2.24) is 0 Å². The van der Waals surface area contributed by atoms with Crippen molar-refractivity contribution in [2.45, 2.75) is 0 Å². The van der Waals surface area contributed by atoms with Crippen molar-refractivity contribution < 1.29 is 0 Å². The molecule has 1 aromatic heterocycles. The van der Waals surface area contributed by atoms with Crippen LogP contribution in [0.5, 0.6) is 0 Å². The van der Waals surface area contributed by atoms with E-state index in [-0.39, 0.29) is 0 Å². The van der Waals surface area contributed by atoms with Gasteiger partial charge in [-0.15, -0.1) is 0 Å². The van der Waals surface area contributed by atoms with E-state index in [4.69, 9.17) is 0 Å². The molecule has 42 heavy (non-hydrogen) atoms. The Bertz CT molecular complexity index is 2200. The maximum absolute atomic E-state index is 2.40. The number of benzene rings is 7. The maximum atomic E-state index is 2.40. The van der Waals surface area contributed by atoms with E-state index in [9.17, 15) is 0 Å². The molecular weight excluding hydrogens is 573 g/mol. The second-order valence-corrected chi connectivity index (χ2v) is 12.8. The first-order valence-corrected chi connectivity index (χ1v) is 16.0. The van der Waals surface area contributed by atoms with Gasteiger partial charge in [0.1, 0.15) is 0 Å². The average Bonchev–Trinajstić information content (AvgIpc) is 3.45. The van der Waals surface area contributed by atoms with Crippen LogP contribution in [0.25, 0.3) is 52.3 Å². The summed E-state index contributed by atoms with van der Waals surface area (Å²) in [4.78, 5) is 2.39. The molecule has 8 aromatic rings. The molecule has 0 amide bonds. The molecule has 0 aliphatic carbocycles. The van der Waals surface area contributed by atoms with Crippen molar-refractivity contribution >= 4 is 61.6 Å². The van der Waals surface area contributed by atoms with Gasteiger partial charge in [0.15, 0.2) is 0 Å². The second-order valence-electron chi connectivity index (χ2n) is 10.6. The van der Waals surface area contributed by atoms with Gasteiger partial charge in [-0.2, -0.15) is 0 Å². The van der Waals surface area contributed by atoms with Crippen molar-refractivity contribution in [1.29, 1.82) is 0 Å². The predicted molar refractivity (Wildman–Crippen MR) is 181 cm³/mol. The van der Waals surface area contributed by atoms with Crippen molar-refractivity contribution in [3.05, 3.63) is 164 Å². The molecule has 0 saturated carbocycles. The smallest absolute Gasteiger partial charge is 0.0544 e. The van der Waals surface area contributed by atoms with Crippen LogP contribution in [0.4, 0.5) is 17.1 Å². The molecule has 7 aromatic carbocycles. The van der Waals surface area contributed by atoms with E-state index in [2.05, 4.69) is 169 Å². The van der Waals surface area contributed by atoms with Crippen LogP contribution in [0.1, 0.15) is 0 Å². The van der Waals surface area contributed by atoms with Gasteiger partial charge < -0.3 is 0 Å². The first kappa shape index (κ1) is 24.9. The van der Waals surface area contributed by atoms with Crippen molar-refractivity contribution in [3.8, 4) is 22.3 Å². The number of nitrogens with zero attached hydrogens (tertiary/aromatic N) is 1. The molecule has 0 aliphatic rings. The Morgan fingerprint density at radius 3 is 1.79 bits per heavy atom. The Morgan fingerprint density at radius 1 is 0.357 bits per heavy atom. The van der Waals surface area contributed by atoms with Crippen LogP contribution in [0.15, 0.2) is 164 Å². The third-order valence-electron chi connectivity index (χ3n) is 8.02. The number of para-hydroxylation sites is 1. The third kappa shape index (κ3) is 4.43. The molecule has 0 aliphatic heterocycles. The Kier molecular flexibility index (Phi) is 6.22. The zero-order valence-corrected chi connectivity index (χ0v) is 24.7. The van der Waals surface area contributed by atoms with E-state index in [0.717, 1.165) is 11.4 Å². The zero-order chi connectivity index (χ0) is 27.9. The summed E-state index contributed by atoms with van der Waals surface area (Å²) < 4.78 is 2.96. The number of hydrogen-bond donors (Lipinski definition) is 0. The predicted octanol–water partition coefficient (Wildman–Crippen LogP) is 11.0. The molecule has 0 saturated heterocycles. The van der Waals surface area contributed by atoms with Crippen LogP contribution in [-0.4, -0.2) is 14.5 Å². The fourth-order valence-corrected chi connectivity index (χ4v) is 8.57. The summed E-state index contributed by atoms with van der Waals surface area (Å²) in [6, 6.07) is 59.5. The van der Waals surface area contributed by atoms with Crippen LogP contribution in [-0.2, 0) is 0 Å². The second kappa shape index (κ2) is 10.5. The average molecular weight is 601 g/mol. The Hall–Kier alpha value is -4.88. The first-order valence-electron chi connectivity index (χ1n) is 14.3. The maximum Gasteiger partial charge on any atom is -0.0544 e. The van der Waals surface area contributed by atoms with Gasteiger partial charge in [-0.25, -0.2) is 0 Å². The number of rotatable bonds is 5. The van der Waals surface area contributed by atoms with Gasteiger partial charge >= 0.3 is 222 Å². The van der Waals surface area contributed by atoms with Crippen molar-refractivity contribution in [2.75, 3.05) is 4.90 Å². The Labute approximate surface area is 251 Å². The molecule has 0 atom stereocenters. The van der Waals surface area contributed by atoms with Gasteiger partial charge in [0.25, 0.3) is 0 Å². The molecule has 8 rings (SSSR count). The molecule has 0 bridgehead atoms. The summed E-state index contributed by atoms with van der Waals surface area (Å²) >= 11 is 0.297. The van der Waals surface area contributed by atoms with Crippen molar-refractivity contribution in [3.63, 3.8) is 0 Å². The molecule has 198 valence electrons. The SMILES string of the molecule is c1ccc(-c2cccc(-c3cccc(N(c4ccccc4)c4ccc5ccc6c7ccccc7[se]c6c5c4)c3)c2)cc1. The van der Waals surface area contributed by atoms with Gasteiger partial charge in [0.05, 0.1) is 0 Å². The summed E-state index contributed by atoms with van der Waals surface area (Å²) in [5.41, 5.74) is 8.33. The molecule has 0 unspecified atom stereocenters. The minimum absolute atomic E-state index is 0.297. The number of fused-ring (bicyclic) bond motifs is 5. The third-order valence-corrected chi connectivity index (χ3v) is 10.6. The molecule has 0 radical (unpaired) electrons. The van der Waals surface area contributed by atoms with Gasteiger partial charge in [-0.05, 0) is 0 Å². The summed E-state index contributed by atoms with van der Waals surface area (Å²) in [5, 5.41) is 5.44. The minimum atomic E-state index is 0.297. The van der Waals surface area contributed by atoms with E-state index < -0.39 is 0 Å². The van der Waals surface area contributed by atoms with Gasteiger partial charge in [-0.1, -0.05) is 30.3 Å². The summed E-state index contributed by atoms with van der Waals surface area (Å²) in [6.45, 7) is 0. The fraction of sp³-hybridized carbons (Fsp3) is 0. The standard InChI is InChI=1S/C40H27NSe/c1-3-11-28(12-4-1)30-13-9-14-31(25-30)32-15-10-18-34(26-32)41(33-16-5-2-6-17-33)35-23-21-29-22-24-37-36-19-7-8-20-39(36)42-40(37)38(29)27-35/h1-27H. The topological polar surface area (TPSA) is 3.24 Å². The first-order chi connectivity index (χ1) is 20.8. The van der Waals surface area contributed by atoms with Crippen LogP contribution in [0.3, 0.4) is 0 Å². The van der Waals surface area contributed by atoms with E-state index >= 15 is 0 Å². The van der Waals surface area contributed by atoms with Gasteiger partial charge in [0.2, 0.25) is 0 Å². The largest absolute Gasteiger partial charge is 0.0617 e. The van der Waals surface area contributed by atoms with E-state index in [1.807, 2.05) is 0 Å². The zero-order valence-electron chi connectivity index (χ0n) is 22.9.